The quantitative estimate of drug-likeness (QED) is 0.412. The molecule has 34 heavy (non-hydrogen) atoms. The number of anilines is 1. The zero-order valence-electron chi connectivity index (χ0n) is 18.3. The molecule has 172 valence electrons. The molecule has 9 heteroatoms. The van der Waals surface area contributed by atoms with Crippen molar-refractivity contribution in [2.45, 2.75) is 24.8 Å². The molecule has 0 atom stereocenters. The minimum atomic E-state index is -3.84. The number of nitrogens with zero attached hydrogens (tertiary/aromatic N) is 3. The van der Waals surface area contributed by atoms with E-state index < -0.39 is 16.0 Å². The summed E-state index contributed by atoms with van der Waals surface area (Å²) in [6.45, 7) is 2.02. The van der Waals surface area contributed by atoms with E-state index in [0.717, 1.165) is 11.1 Å². The first-order valence-corrected chi connectivity index (χ1v) is 12.1. The standard InChI is InChI=1S/C25H21N3O5S/c1-17-9-11-27-23(13-17)26-20(15-24(27)29)16-33-25(30)19-6-4-7-21(14-19)34(31,32)28-12-10-18-5-2-3-8-22(18)28/h2-9,11,13-15H,10,12,16H2,1H3. The lowest BCUT2D eigenvalue weighted by Gasteiger charge is -2.19. The van der Waals surface area contributed by atoms with Crippen LogP contribution in [0.15, 0.2) is 82.6 Å². The van der Waals surface area contributed by atoms with E-state index in [9.17, 15) is 18.0 Å². The van der Waals surface area contributed by atoms with Crippen LogP contribution >= 0.6 is 0 Å². The maximum atomic E-state index is 13.3. The van der Waals surface area contributed by atoms with Crippen LogP contribution < -0.4 is 9.86 Å². The van der Waals surface area contributed by atoms with E-state index in [0.29, 0.717) is 30.0 Å². The summed E-state index contributed by atoms with van der Waals surface area (Å²) in [4.78, 5) is 29.4. The number of benzene rings is 2. The van der Waals surface area contributed by atoms with E-state index in [-0.39, 0.29) is 22.6 Å². The van der Waals surface area contributed by atoms with Crippen LogP contribution in [0.3, 0.4) is 0 Å². The summed E-state index contributed by atoms with van der Waals surface area (Å²) >= 11 is 0. The Bertz CT molecular complexity index is 1590. The first kappa shape index (κ1) is 21.8. The Morgan fingerprint density at radius 3 is 2.74 bits per heavy atom. The number of esters is 1. The number of ether oxygens (including phenoxy) is 1. The van der Waals surface area contributed by atoms with Crippen molar-refractivity contribution in [3.8, 4) is 0 Å². The number of hydrogen-bond donors (Lipinski definition) is 0. The number of fused-ring (bicyclic) bond motifs is 2. The second kappa shape index (κ2) is 8.42. The van der Waals surface area contributed by atoms with Crippen molar-refractivity contribution in [1.29, 1.82) is 0 Å². The minimum absolute atomic E-state index is 0.0104. The Labute approximate surface area is 196 Å². The highest BCUT2D eigenvalue weighted by atomic mass is 32.2. The van der Waals surface area contributed by atoms with Gasteiger partial charge in [0.15, 0.2) is 0 Å². The first-order chi connectivity index (χ1) is 16.3. The molecule has 0 aliphatic carbocycles. The highest BCUT2D eigenvalue weighted by molar-refractivity contribution is 7.92. The number of pyridine rings is 1. The molecular formula is C25H21N3O5S. The number of para-hydroxylation sites is 1. The molecule has 1 aliphatic heterocycles. The maximum Gasteiger partial charge on any atom is 0.338 e. The molecule has 0 fully saturated rings. The molecule has 0 radical (unpaired) electrons. The Kier molecular flexibility index (Phi) is 5.41. The molecule has 0 saturated carbocycles. The number of rotatable bonds is 5. The summed E-state index contributed by atoms with van der Waals surface area (Å²) in [6.07, 6.45) is 2.27. The van der Waals surface area contributed by atoms with Gasteiger partial charge in [-0.3, -0.25) is 13.5 Å². The van der Waals surface area contributed by atoms with Gasteiger partial charge in [0, 0.05) is 18.8 Å². The molecule has 5 rings (SSSR count). The minimum Gasteiger partial charge on any atom is -0.456 e. The van der Waals surface area contributed by atoms with Crippen LogP contribution in [0.5, 0.6) is 0 Å². The molecule has 8 nitrogen and oxygen atoms in total. The topological polar surface area (TPSA) is 98.0 Å². The SMILES string of the molecule is Cc1ccn2c(=O)cc(COC(=O)c3cccc(S(=O)(=O)N4CCc5ccccc54)c3)nc2c1. The first-order valence-electron chi connectivity index (χ1n) is 10.7. The summed E-state index contributed by atoms with van der Waals surface area (Å²) in [5, 5.41) is 0. The molecule has 0 bridgehead atoms. The monoisotopic (exact) mass is 475 g/mol. The van der Waals surface area contributed by atoms with Gasteiger partial charge >= 0.3 is 5.97 Å². The van der Waals surface area contributed by atoms with Gasteiger partial charge in [-0.25, -0.2) is 18.2 Å². The smallest absolute Gasteiger partial charge is 0.338 e. The van der Waals surface area contributed by atoms with E-state index in [1.54, 1.807) is 30.5 Å². The number of carbonyl (C=O) groups is 1. The van der Waals surface area contributed by atoms with Crippen molar-refractivity contribution in [2.24, 2.45) is 0 Å². The lowest BCUT2D eigenvalue weighted by molar-refractivity contribution is 0.0467. The molecule has 3 heterocycles. The Morgan fingerprint density at radius 1 is 1.06 bits per heavy atom. The summed E-state index contributed by atoms with van der Waals surface area (Å²) in [5.74, 6) is -0.704. The molecule has 4 aromatic rings. The summed E-state index contributed by atoms with van der Waals surface area (Å²) in [5.41, 5.74) is 3.14. The Hall–Kier alpha value is -3.98. The van der Waals surface area contributed by atoms with Crippen molar-refractivity contribution in [2.75, 3.05) is 10.8 Å². The van der Waals surface area contributed by atoms with Crippen molar-refractivity contribution >= 4 is 27.3 Å². The third-order valence-electron chi connectivity index (χ3n) is 5.73. The van der Waals surface area contributed by atoms with Crippen LogP contribution in [0, 0.1) is 6.92 Å². The highest BCUT2D eigenvalue weighted by Gasteiger charge is 2.31. The average molecular weight is 476 g/mol. The molecule has 0 spiro atoms. The fourth-order valence-corrected chi connectivity index (χ4v) is 5.57. The molecular weight excluding hydrogens is 454 g/mol. The Morgan fingerprint density at radius 2 is 1.88 bits per heavy atom. The van der Waals surface area contributed by atoms with Gasteiger partial charge in [-0.15, -0.1) is 0 Å². The van der Waals surface area contributed by atoms with Gasteiger partial charge in [0.05, 0.1) is 21.8 Å². The van der Waals surface area contributed by atoms with Crippen LogP contribution in [0.2, 0.25) is 0 Å². The molecule has 0 N–H and O–H groups in total. The number of carbonyl (C=O) groups excluding carboxylic acids is 1. The number of sulfonamides is 1. The second-order valence-corrected chi connectivity index (χ2v) is 9.94. The van der Waals surface area contributed by atoms with Crippen LogP contribution in [0.1, 0.15) is 27.2 Å². The van der Waals surface area contributed by atoms with Gasteiger partial charge in [-0.1, -0.05) is 24.3 Å². The highest BCUT2D eigenvalue weighted by Crippen LogP contribution is 2.32. The van der Waals surface area contributed by atoms with Gasteiger partial charge in [0.2, 0.25) is 0 Å². The normalized spacial score (nSPS) is 13.1. The van der Waals surface area contributed by atoms with Crippen LogP contribution in [0.4, 0.5) is 5.69 Å². The van der Waals surface area contributed by atoms with E-state index in [2.05, 4.69) is 4.98 Å². The second-order valence-electron chi connectivity index (χ2n) is 8.08. The molecule has 0 unspecified atom stereocenters. The van der Waals surface area contributed by atoms with Gasteiger partial charge < -0.3 is 4.74 Å². The van der Waals surface area contributed by atoms with Crippen molar-refractivity contribution in [1.82, 2.24) is 9.38 Å². The maximum absolute atomic E-state index is 13.3. The fraction of sp³-hybridized carbons (Fsp3) is 0.160. The predicted molar refractivity (Wildman–Crippen MR) is 126 cm³/mol. The van der Waals surface area contributed by atoms with Gasteiger partial charge in [0.25, 0.3) is 15.6 Å². The fourth-order valence-electron chi connectivity index (χ4n) is 4.02. The summed E-state index contributed by atoms with van der Waals surface area (Å²) in [7, 11) is -3.84. The number of aryl methyl sites for hydroxylation is 1. The third kappa shape index (κ3) is 3.94. The molecule has 0 saturated heterocycles. The number of aromatic nitrogens is 2. The van der Waals surface area contributed by atoms with Crippen molar-refractivity contribution in [3.05, 3.63) is 106 Å². The predicted octanol–water partition coefficient (Wildman–Crippen LogP) is 3.11. The molecule has 1 aliphatic rings. The summed E-state index contributed by atoms with van der Waals surface area (Å²) < 4.78 is 34.6. The van der Waals surface area contributed by atoms with Gasteiger partial charge in [-0.05, 0) is 60.9 Å². The molecule has 2 aromatic carbocycles. The van der Waals surface area contributed by atoms with Crippen molar-refractivity contribution in [3.63, 3.8) is 0 Å². The van der Waals surface area contributed by atoms with E-state index in [1.165, 1.54) is 39.0 Å². The van der Waals surface area contributed by atoms with Gasteiger partial charge in [0.1, 0.15) is 12.3 Å². The molecule has 0 amide bonds. The van der Waals surface area contributed by atoms with E-state index >= 15 is 0 Å². The van der Waals surface area contributed by atoms with Crippen LogP contribution in [-0.4, -0.2) is 30.3 Å². The van der Waals surface area contributed by atoms with E-state index in [4.69, 9.17) is 4.74 Å². The average Bonchev–Trinajstić information content (AvgIpc) is 3.27. The third-order valence-corrected chi connectivity index (χ3v) is 7.54. The Balaban J connectivity index is 1.36. The molecule has 2 aromatic heterocycles. The largest absolute Gasteiger partial charge is 0.456 e. The number of hydrogen-bond acceptors (Lipinski definition) is 6. The summed E-state index contributed by atoms with van der Waals surface area (Å²) in [6, 6.07) is 18.0. The van der Waals surface area contributed by atoms with Gasteiger partial charge in [-0.2, -0.15) is 0 Å². The van der Waals surface area contributed by atoms with Crippen LogP contribution in [-0.2, 0) is 27.8 Å². The lowest BCUT2D eigenvalue weighted by atomic mass is 10.2. The van der Waals surface area contributed by atoms with Crippen LogP contribution in [0.25, 0.3) is 5.65 Å². The lowest BCUT2D eigenvalue weighted by Crippen LogP contribution is -2.29. The van der Waals surface area contributed by atoms with Crippen molar-refractivity contribution < 1.29 is 17.9 Å². The zero-order chi connectivity index (χ0) is 23.9. The zero-order valence-corrected chi connectivity index (χ0v) is 19.2. The van der Waals surface area contributed by atoms with E-state index in [1.807, 2.05) is 19.1 Å².